The van der Waals surface area contributed by atoms with E-state index < -0.39 is 11.6 Å². The summed E-state index contributed by atoms with van der Waals surface area (Å²) in [4.78, 5) is 92.9. The minimum absolute atomic E-state index is 0.0251. The van der Waals surface area contributed by atoms with Crippen LogP contribution in [-0.4, -0.2) is 212 Å². The lowest BCUT2D eigenvalue weighted by atomic mass is 9.82. The molecule has 24 heteroatoms. The summed E-state index contributed by atoms with van der Waals surface area (Å²) in [5, 5.41) is 21.1. The van der Waals surface area contributed by atoms with Crippen LogP contribution in [0.1, 0.15) is 171 Å². The van der Waals surface area contributed by atoms with E-state index >= 15 is 0 Å². The first kappa shape index (κ1) is 87.8. The summed E-state index contributed by atoms with van der Waals surface area (Å²) in [6.45, 7) is 10.1. The largest absolute Gasteiger partial charge is 0.449 e. The molecule has 3 saturated carbocycles. The number of alkyl carbamates (subject to hydrolysis) is 1. The summed E-state index contributed by atoms with van der Waals surface area (Å²) in [7, 11) is 0. The van der Waals surface area contributed by atoms with Crippen molar-refractivity contribution in [1.29, 1.82) is 0 Å². The van der Waals surface area contributed by atoms with Crippen LogP contribution in [0.15, 0.2) is 48.5 Å². The monoisotopic (exact) mass is 1480 g/mol. The van der Waals surface area contributed by atoms with E-state index in [1.165, 1.54) is 0 Å². The zero-order valence-corrected chi connectivity index (χ0v) is 63.0. The van der Waals surface area contributed by atoms with E-state index in [4.69, 9.17) is 66.6 Å². The molecule has 2 aromatic carbocycles. The average Bonchev–Trinajstić information content (AvgIpc) is 1.62. The van der Waals surface area contributed by atoms with Gasteiger partial charge in [-0.1, -0.05) is 48.5 Å². The number of amides is 7. The third kappa shape index (κ3) is 36.2. The van der Waals surface area contributed by atoms with Crippen LogP contribution >= 0.6 is 0 Å². The number of hydrogen-bond acceptors (Lipinski definition) is 17. The molecule has 0 bridgehead atoms. The van der Waals surface area contributed by atoms with Crippen LogP contribution in [0.5, 0.6) is 0 Å². The van der Waals surface area contributed by atoms with Gasteiger partial charge in [-0.15, -0.1) is 37.0 Å². The molecule has 0 saturated heterocycles. The number of nitrogens with one attached hydrogen (secondary N) is 7. The molecule has 0 spiro atoms. The first-order valence-corrected chi connectivity index (χ1v) is 39.2. The van der Waals surface area contributed by atoms with Crippen molar-refractivity contribution in [3.8, 4) is 48.2 Å². The lowest BCUT2D eigenvalue weighted by Crippen LogP contribution is -2.51. The van der Waals surface area contributed by atoms with Crippen molar-refractivity contribution in [2.24, 2.45) is 35.5 Å². The Morgan fingerprint density at radius 3 is 0.877 bits per heavy atom. The number of carbonyl (C=O) groups excluding carboxylic acids is 7. The predicted octanol–water partition coefficient (Wildman–Crippen LogP) is 8.11. The number of fused-ring (bicyclic) bond motifs is 3. The molecule has 24 nitrogen and oxygen atoms in total. The van der Waals surface area contributed by atoms with E-state index in [-0.39, 0.29) is 122 Å². The smallest absolute Gasteiger partial charge is 0.407 e. The highest BCUT2D eigenvalue weighted by molar-refractivity contribution is 5.81. The van der Waals surface area contributed by atoms with E-state index in [2.05, 4.69) is 67.1 Å². The Balaban J connectivity index is 0.909. The van der Waals surface area contributed by atoms with Crippen LogP contribution in [0.25, 0.3) is 11.1 Å². The van der Waals surface area contributed by atoms with Crippen molar-refractivity contribution in [3.05, 3.63) is 59.7 Å². The van der Waals surface area contributed by atoms with Crippen molar-refractivity contribution in [1.82, 2.24) is 37.2 Å². The molecule has 7 amide bonds. The molecule has 0 aliphatic heterocycles. The van der Waals surface area contributed by atoms with E-state index in [1.807, 2.05) is 36.4 Å². The van der Waals surface area contributed by atoms with Crippen LogP contribution in [0, 0.1) is 72.5 Å². The third-order valence-corrected chi connectivity index (χ3v) is 20.1. The topological polar surface area (TPSA) is 296 Å². The zero-order valence-electron chi connectivity index (χ0n) is 63.0. The molecular formula is C82H123N7O17. The number of hydrogen-bond donors (Lipinski definition) is 7. The van der Waals surface area contributed by atoms with Gasteiger partial charge in [0.1, 0.15) is 6.61 Å². The van der Waals surface area contributed by atoms with Crippen molar-refractivity contribution in [3.63, 3.8) is 0 Å². The highest BCUT2D eigenvalue weighted by Gasteiger charge is 2.36. The van der Waals surface area contributed by atoms with Gasteiger partial charge >= 0.3 is 6.09 Å². The van der Waals surface area contributed by atoms with Crippen LogP contribution in [0.4, 0.5) is 4.79 Å². The van der Waals surface area contributed by atoms with Gasteiger partial charge in [-0.05, 0) is 157 Å². The molecule has 588 valence electrons. The standard InChI is InChI=1S/C82H123N7O17/c1-4-64-21-27-67(28-22-64)78(93)86-42-14-48-100-54-60-103-57-51-97-45-11-39-83-75(90)33-36-82(89-81(96)106-63-74-72-19-9-7-17-70(72)71-18-8-10-20-73(71)74,37-34-76(91)84-40-12-46-98-52-58-104-61-55-101-49-15-43-87-79(94)68-29-23-65(5-2)24-30-68)38-35-77(92)85-41-13-47-99-53-59-105-62-56-102-50-16-44-88-80(95)69-31-25-66(6-3)26-32-69/h1-3,7-10,17-20,64-69,74H,11-16,21-63H2,(H,83,90)(H,84,91)(H,85,92)(H,86,93)(H,87,94)(H,88,95)(H,89,96). The van der Waals surface area contributed by atoms with Gasteiger partial charge < -0.3 is 84.6 Å². The first-order valence-electron chi connectivity index (χ1n) is 39.2. The predicted molar refractivity (Wildman–Crippen MR) is 405 cm³/mol. The van der Waals surface area contributed by atoms with Crippen LogP contribution in [-0.2, 0) is 76.1 Å². The van der Waals surface area contributed by atoms with Crippen molar-refractivity contribution < 1.29 is 80.9 Å². The maximum absolute atomic E-state index is 14.3. The summed E-state index contributed by atoms with van der Waals surface area (Å²) < 4.78 is 57.4. The fraction of sp³-hybridized carbons (Fsp3) is 0.695. The Hall–Kier alpha value is -7.15. The quantitative estimate of drug-likeness (QED) is 0.0243. The van der Waals surface area contributed by atoms with Gasteiger partial charge in [0.15, 0.2) is 0 Å². The van der Waals surface area contributed by atoms with Gasteiger partial charge in [-0.25, -0.2) is 4.79 Å². The van der Waals surface area contributed by atoms with E-state index in [0.29, 0.717) is 197 Å². The van der Waals surface area contributed by atoms with Gasteiger partial charge in [0.05, 0.1) is 79.3 Å². The van der Waals surface area contributed by atoms with Gasteiger partial charge in [0.25, 0.3) is 0 Å². The highest BCUT2D eigenvalue weighted by atomic mass is 16.6. The normalized spacial score (nSPS) is 18.8. The lowest BCUT2D eigenvalue weighted by Gasteiger charge is -2.35. The number of carbonyl (C=O) groups is 7. The Labute approximate surface area is 630 Å². The molecule has 0 atom stereocenters. The van der Waals surface area contributed by atoms with Crippen molar-refractivity contribution in [2.45, 2.75) is 166 Å². The Morgan fingerprint density at radius 1 is 0.349 bits per heavy atom. The Morgan fingerprint density at radius 2 is 0.604 bits per heavy atom. The fourth-order valence-corrected chi connectivity index (χ4v) is 13.7. The molecule has 0 unspecified atom stereocenters. The second-order valence-electron chi connectivity index (χ2n) is 27.9. The first-order chi connectivity index (χ1) is 51.9. The molecule has 106 heavy (non-hydrogen) atoms. The molecule has 4 aliphatic rings. The second-order valence-corrected chi connectivity index (χ2v) is 27.9. The maximum atomic E-state index is 14.3. The second kappa shape index (κ2) is 54.4. The molecule has 0 aromatic heterocycles. The third-order valence-electron chi connectivity index (χ3n) is 20.1. The zero-order chi connectivity index (χ0) is 75.3. The Bertz CT molecular complexity index is 2710. The lowest BCUT2D eigenvalue weighted by molar-refractivity contribution is -0.126. The summed E-state index contributed by atoms with van der Waals surface area (Å²) in [6, 6.07) is 16.1. The molecular weight excluding hydrogens is 1350 g/mol. The molecule has 2 aromatic rings. The van der Waals surface area contributed by atoms with Crippen molar-refractivity contribution in [2.75, 3.05) is 165 Å². The number of terminal acetylenes is 3. The van der Waals surface area contributed by atoms with Gasteiger partial charge in [0.2, 0.25) is 35.4 Å². The van der Waals surface area contributed by atoms with Gasteiger partial charge in [-0.2, -0.15) is 0 Å². The summed E-state index contributed by atoms with van der Waals surface area (Å²) in [5.74, 6) is 8.64. The van der Waals surface area contributed by atoms with Gasteiger partial charge in [-0.3, -0.25) is 28.8 Å². The Kier molecular flexibility index (Phi) is 45.1. The summed E-state index contributed by atoms with van der Waals surface area (Å²) in [5.41, 5.74) is 2.99. The summed E-state index contributed by atoms with van der Waals surface area (Å²) in [6.07, 6.45) is 30.3. The van der Waals surface area contributed by atoms with Crippen LogP contribution < -0.4 is 37.2 Å². The molecule has 6 rings (SSSR count). The van der Waals surface area contributed by atoms with Crippen molar-refractivity contribution >= 4 is 41.5 Å². The minimum Gasteiger partial charge on any atom is -0.449 e. The van der Waals surface area contributed by atoms with E-state index in [9.17, 15) is 33.6 Å². The van der Waals surface area contributed by atoms with Crippen LogP contribution in [0.2, 0.25) is 0 Å². The molecule has 7 N–H and O–H groups in total. The number of ether oxygens (including phenoxy) is 10. The molecule has 4 aliphatic carbocycles. The van der Waals surface area contributed by atoms with Crippen LogP contribution in [0.3, 0.4) is 0 Å². The highest BCUT2D eigenvalue weighted by Crippen LogP contribution is 2.45. The molecule has 0 radical (unpaired) electrons. The molecule has 0 heterocycles. The van der Waals surface area contributed by atoms with Gasteiger partial charge in [0, 0.05) is 145 Å². The average molecular weight is 1480 g/mol. The van der Waals surface area contributed by atoms with E-state index in [0.717, 1.165) is 99.3 Å². The van der Waals surface area contributed by atoms with E-state index in [1.54, 1.807) is 0 Å². The summed E-state index contributed by atoms with van der Waals surface area (Å²) >= 11 is 0. The number of rotatable bonds is 57. The minimum atomic E-state index is -1.23. The maximum Gasteiger partial charge on any atom is 0.407 e. The molecule has 3 fully saturated rings. The SMILES string of the molecule is C#CC1CCC(C(=O)NCCCOCCOCCOCCCNC(=O)CCC(CCC(=O)NCCCOCCOCCOCCCNC(=O)C2CCC(C#C)CC2)(CCC(=O)NCCCOCCOCCOCCCNC(=O)C2CCC(C#C)CC2)NC(=O)OCC2c3ccccc3-c3ccccc32)CC1. The number of benzene rings is 2. The fourth-order valence-electron chi connectivity index (χ4n) is 13.7.